The first-order valence-electron chi connectivity index (χ1n) is 7.34. The third kappa shape index (κ3) is 2.02. The molecule has 0 unspecified atom stereocenters. The smallest absolute Gasteiger partial charge is 0.305 e. The number of benzene rings is 1. The van der Waals surface area contributed by atoms with E-state index in [1.165, 1.54) is 36.0 Å². The number of aromatic amines is 1. The van der Waals surface area contributed by atoms with Gasteiger partial charge in [0.25, 0.3) is 0 Å². The van der Waals surface area contributed by atoms with Crippen LogP contribution < -0.4 is 9.77 Å². The molecular weight excluding hydrogens is 351 g/mol. The molecule has 0 radical (unpaired) electrons. The van der Waals surface area contributed by atoms with Crippen LogP contribution in [-0.2, 0) is 15.0 Å². The molecule has 3 heterocycles. The van der Waals surface area contributed by atoms with Crippen molar-refractivity contribution in [3.05, 3.63) is 44.6 Å². The molecular formula is C16H13FN2O3S2. The summed E-state index contributed by atoms with van der Waals surface area (Å²) >= 11 is 2.32. The number of thioether (sulfide) groups is 1. The fourth-order valence-electron chi connectivity index (χ4n) is 3.39. The molecule has 5 nitrogen and oxygen atoms in total. The van der Waals surface area contributed by atoms with E-state index in [0.29, 0.717) is 10.7 Å². The number of fused-ring (bicyclic) bond motifs is 2. The molecule has 24 heavy (non-hydrogen) atoms. The van der Waals surface area contributed by atoms with Crippen molar-refractivity contribution < 1.29 is 14.0 Å². The van der Waals surface area contributed by atoms with E-state index in [0.717, 1.165) is 21.1 Å². The molecule has 0 bridgehead atoms. The molecule has 2 atom stereocenters. The highest BCUT2D eigenvalue weighted by molar-refractivity contribution is 8.00. The maximum atomic E-state index is 13.1. The standard InChI is InChI=1S/C16H13FN2O3S2/c1-16(2)9-10(23-12-11(16)24-15(22)18-12)14(21)19(13(9)20)8-5-3-7(17)4-6-8/h3-6,9-10H,1-2H3,(H,18,22)/t9-,10+/m1/s1. The average molecular weight is 364 g/mol. The number of carbonyl (C=O) groups is 2. The van der Waals surface area contributed by atoms with E-state index >= 15 is 0 Å². The van der Waals surface area contributed by atoms with Gasteiger partial charge in [-0.15, -0.1) is 0 Å². The van der Waals surface area contributed by atoms with Crippen molar-refractivity contribution in [2.75, 3.05) is 4.90 Å². The van der Waals surface area contributed by atoms with Crippen LogP contribution in [0.1, 0.15) is 18.7 Å². The number of carbonyl (C=O) groups excluding carboxylic acids is 2. The molecule has 1 N–H and O–H groups in total. The van der Waals surface area contributed by atoms with Crippen molar-refractivity contribution in [1.82, 2.24) is 4.98 Å². The van der Waals surface area contributed by atoms with Crippen LogP contribution in [-0.4, -0.2) is 22.0 Å². The van der Waals surface area contributed by atoms with E-state index < -0.39 is 22.4 Å². The van der Waals surface area contributed by atoms with Gasteiger partial charge in [0, 0.05) is 10.3 Å². The van der Waals surface area contributed by atoms with Crippen molar-refractivity contribution in [3.63, 3.8) is 0 Å². The van der Waals surface area contributed by atoms with Crippen LogP contribution in [0.2, 0.25) is 0 Å². The van der Waals surface area contributed by atoms with Gasteiger partial charge in [-0.2, -0.15) is 0 Å². The van der Waals surface area contributed by atoms with E-state index in [4.69, 9.17) is 0 Å². The molecule has 0 spiro atoms. The molecule has 4 rings (SSSR count). The molecule has 2 aliphatic heterocycles. The van der Waals surface area contributed by atoms with Gasteiger partial charge in [0.15, 0.2) is 0 Å². The highest BCUT2D eigenvalue weighted by atomic mass is 32.2. The summed E-state index contributed by atoms with van der Waals surface area (Å²) in [4.78, 5) is 42.0. The van der Waals surface area contributed by atoms with Gasteiger partial charge in [-0.1, -0.05) is 36.9 Å². The SMILES string of the molecule is CC1(C)c2sc(=O)[nH]c2S[C@@H]2C(=O)N(c3ccc(F)cc3)C(=O)[C@@H]21. The van der Waals surface area contributed by atoms with Gasteiger partial charge in [-0.25, -0.2) is 9.29 Å². The molecule has 1 aromatic heterocycles. The summed E-state index contributed by atoms with van der Waals surface area (Å²) in [6.45, 7) is 3.76. The number of aromatic nitrogens is 1. The lowest BCUT2D eigenvalue weighted by Gasteiger charge is -2.36. The normalized spacial score (nSPS) is 24.9. The van der Waals surface area contributed by atoms with E-state index in [9.17, 15) is 18.8 Å². The largest absolute Gasteiger partial charge is 0.307 e. The van der Waals surface area contributed by atoms with E-state index in [-0.39, 0.29) is 16.7 Å². The molecule has 1 saturated heterocycles. The second-order valence-electron chi connectivity index (χ2n) is 6.40. The quantitative estimate of drug-likeness (QED) is 0.790. The zero-order chi connectivity index (χ0) is 17.2. The Bertz CT molecular complexity index is 916. The number of hydrogen-bond donors (Lipinski definition) is 1. The number of anilines is 1. The van der Waals surface area contributed by atoms with Crippen molar-refractivity contribution in [2.24, 2.45) is 5.92 Å². The van der Waals surface area contributed by atoms with Gasteiger partial charge in [0.2, 0.25) is 11.8 Å². The first kappa shape index (κ1) is 15.6. The van der Waals surface area contributed by atoms with E-state index in [1.807, 2.05) is 13.8 Å². The summed E-state index contributed by atoms with van der Waals surface area (Å²) in [7, 11) is 0. The van der Waals surface area contributed by atoms with E-state index in [2.05, 4.69) is 4.98 Å². The minimum absolute atomic E-state index is 0.184. The fourth-order valence-corrected chi connectivity index (χ4v) is 6.17. The van der Waals surface area contributed by atoms with Crippen LogP contribution in [0.4, 0.5) is 10.1 Å². The molecule has 2 amide bonds. The Morgan fingerprint density at radius 1 is 1.12 bits per heavy atom. The molecule has 2 aromatic rings. The van der Waals surface area contributed by atoms with Crippen molar-refractivity contribution in [2.45, 2.75) is 29.5 Å². The second kappa shape index (κ2) is 5.03. The maximum Gasteiger partial charge on any atom is 0.305 e. The summed E-state index contributed by atoms with van der Waals surface area (Å²) in [5.74, 6) is -1.61. The van der Waals surface area contributed by atoms with Crippen LogP contribution in [0.15, 0.2) is 34.1 Å². The molecule has 0 saturated carbocycles. The number of halogens is 1. The Kier molecular flexibility index (Phi) is 3.27. The molecule has 8 heteroatoms. The van der Waals surface area contributed by atoms with Gasteiger partial charge in [0.05, 0.1) is 16.6 Å². The Morgan fingerprint density at radius 3 is 2.46 bits per heavy atom. The number of H-pyrrole nitrogens is 1. The average Bonchev–Trinajstić information content (AvgIpc) is 3.00. The van der Waals surface area contributed by atoms with Crippen LogP contribution in [0, 0.1) is 11.7 Å². The molecule has 1 aromatic carbocycles. The monoisotopic (exact) mass is 364 g/mol. The topological polar surface area (TPSA) is 70.2 Å². The minimum Gasteiger partial charge on any atom is -0.307 e. The zero-order valence-corrected chi connectivity index (χ0v) is 14.5. The summed E-state index contributed by atoms with van der Waals surface area (Å²) < 4.78 is 13.1. The number of imide groups is 1. The van der Waals surface area contributed by atoms with Crippen LogP contribution in [0.3, 0.4) is 0 Å². The minimum atomic E-state index is -0.628. The van der Waals surface area contributed by atoms with Gasteiger partial charge in [-0.3, -0.25) is 14.4 Å². The first-order valence-corrected chi connectivity index (χ1v) is 9.04. The Hall–Kier alpha value is -1.93. The predicted molar refractivity (Wildman–Crippen MR) is 90.0 cm³/mol. The van der Waals surface area contributed by atoms with Gasteiger partial charge >= 0.3 is 4.87 Å². The lowest BCUT2D eigenvalue weighted by Crippen LogP contribution is -2.41. The van der Waals surface area contributed by atoms with Crippen molar-refractivity contribution in [1.29, 1.82) is 0 Å². The third-order valence-electron chi connectivity index (χ3n) is 4.56. The van der Waals surface area contributed by atoms with Crippen LogP contribution in [0.25, 0.3) is 0 Å². The van der Waals surface area contributed by atoms with Gasteiger partial charge in [0.1, 0.15) is 11.1 Å². The third-order valence-corrected chi connectivity index (χ3v) is 7.18. The number of nitrogens with one attached hydrogen (secondary N) is 1. The first-order chi connectivity index (χ1) is 11.3. The summed E-state index contributed by atoms with van der Waals surface area (Å²) in [5, 5.41) is 0.0775. The van der Waals surface area contributed by atoms with Crippen molar-refractivity contribution >= 4 is 40.6 Å². The lowest BCUT2D eigenvalue weighted by molar-refractivity contribution is -0.123. The Morgan fingerprint density at radius 2 is 1.79 bits per heavy atom. The summed E-state index contributed by atoms with van der Waals surface area (Å²) in [6.07, 6.45) is 0. The van der Waals surface area contributed by atoms with Gasteiger partial charge < -0.3 is 4.98 Å². The fraction of sp³-hybridized carbons (Fsp3) is 0.312. The Balaban J connectivity index is 1.81. The number of amides is 2. The maximum absolute atomic E-state index is 13.1. The van der Waals surface area contributed by atoms with Crippen molar-refractivity contribution in [3.8, 4) is 0 Å². The molecule has 124 valence electrons. The van der Waals surface area contributed by atoms with E-state index in [1.54, 1.807) is 0 Å². The Labute approximate surface area is 144 Å². The lowest BCUT2D eigenvalue weighted by atomic mass is 9.76. The molecule has 2 aliphatic rings. The number of thiazole rings is 1. The summed E-state index contributed by atoms with van der Waals surface area (Å²) in [6, 6.07) is 5.31. The zero-order valence-electron chi connectivity index (χ0n) is 12.8. The van der Waals surface area contributed by atoms with Crippen LogP contribution in [0.5, 0.6) is 0 Å². The number of hydrogen-bond acceptors (Lipinski definition) is 5. The predicted octanol–water partition coefficient (Wildman–Crippen LogP) is 2.52. The highest BCUT2D eigenvalue weighted by Crippen LogP contribution is 2.53. The molecule has 0 aliphatic carbocycles. The highest BCUT2D eigenvalue weighted by Gasteiger charge is 2.59. The number of rotatable bonds is 1. The second-order valence-corrected chi connectivity index (χ2v) is 8.53. The molecule has 1 fully saturated rings. The van der Waals surface area contributed by atoms with Gasteiger partial charge in [-0.05, 0) is 24.3 Å². The van der Waals surface area contributed by atoms with Crippen LogP contribution >= 0.6 is 23.1 Å². The number of nitrogens with zero attached hydrogens (tertiary/aromatic N) is 1. The summed E-state index contributed by atoms with van der Waals surface area (Å²) in [5.41, 5.74) is -0.259.